The van der Waals surface area contributed by atoms with Crippen molar-refractivity contribution in [3.63, 3.8) is 0 Å². The standard InChI is InChI=1S/C29H33N3O2S2/c1-4-31-20-25(28-17-24(18-30-29(28)31)23-8-6-5-7-9-23)16-22-14-15-32(19-22)36(33,34)27-12-10-26(11-13-27)35-21(2)3/h5-13,17-18,20-22H,4,14-16,19H2,1-3H3. The van der Waals surface area contributed by atoms with E-state index in [1.54, 1.807) is 28.2 Å². The van der Waals surface area contributed by atoms with Crippen molar-refractivity contribution in [1.82, 2.24) is 13.9 Å². The zero-order valence-corrected chi connectivity index (χ0v) is 22.7. The molecule has 0 N–H and O–H groups in total. The number of pyridine rings is 1. The molecule has 1 saturated heterocycles. The Kier molecular flexibility index (Phi) is 7.24. The summed E-state index contributed by atoms with van der Waals surface area (Å²) in [5.74, 6) is 0.284. The van der Waals surface area contributed by atoms with Crippen LogP contribution in [0.3, 0.4) is 0 Å². The van der Waals surface area contributed by atoms with E-state index >= 15 is 0 Å². The van der Waals surface area contributed by atoms with Gasteiger partial charge in [-0.15, -0.1) is 11.8 Å². The van der Waals surface area contributed by atoms with Crippen LogP contribution in [0, 0.1) is 5.92 Å². The molecule has 1 atom stereocenters. The molecule has 0 bridgehead atoms. The zero-order valence-electron chi connectivity index (χ0n) is 21.1. The molecule has 1 aliphatic rings. The predicted octanol–water partition coefficient (Wildman–Crippen LogP) is 6.48. The fraction of sp³-hybridized carbons (Fsp3) is 0.345. The lowest BCUT2D eigenvalue weighted by molar-refractivity contribution is 0.456. The van der Waals surface area contributed by atoms with Gasteiger partial charge in [-0.05, 0) is 67.1 Å². The second-order valence-corrected chi connectivity index (χ2v) is 13.3. The van der Waals surface area contributed by atoms with Gasteiger partial charge in [0.2, 0.25) is 10.0 Å². The molecule has 1 fully saturated rings. The topological polar surface area (TPSA) is 55.2 Å². The minimum atomic E-state index is -3.49. The van der Waals surface area contributed by atoms with Crippen LogP contribution in [0.25, 0.3) is 22.2 Å². The van der Waals surface area contributed by atoms with Crippen LogP contribution in [0.5, 0.6) is 0 Å². The first-order valence-electron chi connectivity index (χ1n) is 12.6. The lowest BCUT2D eigenvalue weighted by atomic mass is 9.98. The molecule has 0 saturated carbocycles. The quantitative estimate of drug-likeness (QED) is 0.250. The summed E-state index contributed by atoms with van der Waals surface area (Å²) >= 11 is 1.74. The van der Waals surface area contributed by atoms with E-state index in [9.17, 15) is 8.42 Å². The number of fused-ring (bicyclic) bond motifs is 1. The van der Waals surface area contributed by atoms with Crippen molar-refractivity contribution in [3.8, 4) is 11.1 Å². The van der Waals surface area contributed by atoms with Gasteiger partial charge in [-0.25, -0.2) is 13.4 Å². The van der Waals surface area contributed by atoms with Crippen molar-refractivity contribution < 1.29 is 8.42 Å². The van der Waals surface area contributed by atoms with E-state index in [1.807, 2.05) is 36.5 Å². The SMILES string of the molecule is CCn1cc(CC2CCN(S(=O)(=O)c3ccc(SC(C)C)cc3)C2)c2cc(-c3ccccc3)cnc21. The average Bonchev–Trinajstić information content (AvgIpc) is 3.50. The van der Waals surface area contributed by atoms with Crippen LogP contribution in [0.1, 0.15) is 32.8 Å². The zero-order chi connectivity index (χ0) is 25.3. The van der Waals surface area contributed by atoms with E-state index in [1.165, 1.54) is 5.56 Å². The number of hydrogen-bond acceptors (Lipinski definition) is 4. The van der Waals surface area contributed by atoms with Gasteiger partial charge in [0.25, 0.3) is 0 Å². The highest BCUT2D eigenvalue weighted by atomic mass is 32.2. The fourth-order valence-electron chi connectivity index (χ4n) is 5.04. The number of sulfonamides is 1. The lowest BCUT2D eigenvalue weighted by Crippen LogP contribution is -2.29. The minimum Gasteiger partial charge on any atom is -0.333 e. The van der Waals surface area contributed by atoms with E-state index in [0.717, 1.165) is 46.4 Å². The molecule has 1 aliphatic heterocycles. The van der Waals surface area contributed by atoms with Crippen molar-refractivity contribution in [2.45, 2.75) is 55.2 Å². The number of aromatic nitrogens is 2. The summed E-state index contributed by atoms with van der Waals surface area (Å²) in [6, 6.07) is 19.9. The number of thioether (sulfide) groups is 1. The van der Waals surface area contributed by atoms with E-state index in [4.69, 9.17) is 4.98 Å². The molecule has 0 aliphatic carbocycles. The van der Waals surface area contributed by atoms with Gasteiger partial charge in [-0.2, -0.15) is 4.31 Å². The molecular formula is C29H33N3O2S2. The lowest BCUT2D eigenvalue weighted by Gasteiger charge is -2.17. The third-order valence-corrected chi connectivity index (χ3v) is 9.73. The molecule has 3 heterocycles. The molecule has 4 aromatic rings. The smallest absolute Gasteiger partial charge is 0.243 e. The molecule has 5 nitrogen and oxygen atoms in total. The first-order chi connectivity index (χ1) is 17.3. The summed E-state index contributed by atoms with van der Waals surface area (Å²) in [7, 11) is -3.49. The van der Waals surface area contributed by atoms with Crippen LogP contribution in [-0.2, 0) is 23.0 Å². The van der Waals surface area contributed by atoms with Crippen LogP contribution in [0.2, 0.25) is 0 Å². The third kappa shape index (κ3) is 5.10. The number of rotatable bonds is 8. The van der Waals surface area contributed by atoms with Crippen LogP contribution < -0.4 is 0 Å². The van der Waals surface area contributed by atoms with E-state index < -0.39 is 10.0 Å². The Bertz CT molecular complexity index is 1450. The van der Waals surface area contributed by atoms with E-state index in [-0.39, 0.29) is 5.92 Å². The van der Waals surface area contributed by atoms with Crippen molar-refractivity contribution >= 4 is 32.8 Å². The average molecular weight is 520 g/mol. The van der Waals surface area contributed by atoms with Crippen LogP contribution in [0.4, 0.5) is 0 Å². The summed E-state index contributed by atoms with van der Waals surface area (Å²) in [5.41, 5.74) is 4.50. The Morgan fingerprint density at radius 3 is 2.50 bits per heavy atom. The number of aryl methyl sites for hydroxylation is 1. The van der Waals surface area contributed by atoms with Gasteiger partial charge in [0.15, 0.2) is 0 Å². The molecule has 188 valence electrons. The summed E-state index contributed by atoms with van der Waals surface area (Å²) in [6.07, 6.45) is 5.86. The second-order valence-electron chi connectivity index (χ2n) is 9.76. The highest BCUT2D eigenvalue weighted by molar-refractivity contribution is 7.99. The minimum absolute atomic E-state index is 0.284. The number of nitrogens with zero attached hydrogens (tertiary/aromatic N) is 3. The van der Waals surface area contributed by atoms with Crippen molar-refractivity contribution in [3.05, 3.63) is 78.6 Å². The first-order valence-corrected chi connectivity index (χ1v) is 15.0. The van der Waals surface area contributed by atoms with E-state index in [2.05, 4.69) is 49.7 Å². The normalized spacial score (nSPS) is 16.8. The molecule has 0 amide bonds. The summed E-state index contributed by atoms with van der Waals surface area (Å²) in [5, 5.41) is 1.63. The highest BCUT2D eigenvalue weighted by Crippen LogP contribution is 2.32. The van der Waals surface area contributed by atoms with Gasteiger partial charge in [0.1, 0.15) is 5.65 Å². The van der Waals surface area contributed by atoms with Crippen LogP contribution >= 0.6 is 11.8 Å². The monoisotopic (exact) mass is 519 g/mol. The van der Waals surface area contributed by atoms with E-state index in [0.29, 0.717) is 23.2 Å². The molecule has 36 heavy (non-hydrogen) atoms. The van der Waals surface area contributed by atoms with Gasteiger partial charge >= 0.3 is 0 Å². The predicted molar refractivity (Wildman–Crippen MR) is 149 cm³/mol. The Morgan fingerprint density at radius 2 is 1.81 bits per heavy atom. The van der Waals surface area contributed by atoms with Gasteiger partial charge in [0.05, 0.1) is 4.90 Å². The van der Waals surface area contributed by atoms with Crippen LogP contribution in [0.15, 0.2) is 82.8 Å². The maximum absolute atomic E-state index is 13.3. The molecular weight excluding hydrogens is 486 g/mol. The summed E-state index contributed by atoms with van der Waals surface area (Å²) in [4.78, 5) is 6.28. The molecule has 0 spiro atoms. The summed E-state index contributed by atoms with van der Waals surface area (Å²) in [6.45, 7) is 8.37. The molecule has 2 aromatic heterocycles. The Labute approximate surface area is 218 Å². The first kappa shape index (κ1) is 25.1. The second kappa shape index (κ2) is 10.4. The van der Waals surface area contributed by atoms with Crippen LogP contribution in [-0.4, -0.2) is 40.6 Å². The third-order valence-electron chi connectivity index (χ3n) is 6.83. The molecule has 2 aromatic carbocycles. The number of hydrogen-bond donors (Lipinski definition) is 0. The molecule has 0 radical (unpaired) electrons. The van der Waals surface area contributed by atoms with Gasteiger partial charge in [-0.3, -0.25) is 0 Å². The van der Waals surface area contributed by atoms with Gasteiger partial charge in [0, 0.05) is 53.1 Å². The number of benzene rings is 2. The summed E-state index contributed by atoms with van der Waals surface area (Å²) < 4.78 is 30.5. The Balaban J connectivity index is 1.35. The Hall–Kier alpha value is -2.61. The fourth-order valence-corrected chi connectivity index (χ4v) is 7.41. The van der Waals surface area contributed by atoms with Gasteiger partial charge in [-0.1, -0.05) is 44.2 Å². The van der Waals surface area contributed by atoms with Crippen molar-refractivity contribution in [2.24, 2.45) is 5.92 Å². The Morgan fingerprint density at radius 1 is 1.06 bits per heavy atom. The molecule has 1 unspecified atom stereocenters. The van der Waals surface area contributed by atoms with Crippen molar-refractivity contribution in [2.75, 3.05) is 13.1 Å². The maximum Gasteiger partial charge on any atom is 0.243 e. The van der Waals surface area contributed by atoms with Crippen molar-refractivity contribution in [1.29, 1.82) is 0 Å². The maximum atomic E-state index is 13.3. The highest BCUT2D eigenvalue weighted by Gasteiger charge is 2.33. The largest absolute Gasteiger partial charge is 0.333 e. The molecule has 7 heteroatoms. The van der Waals surface area contributed by atoms with Gasteiger partial charge < -0.3 is 4.57 Å². The molecule has 5 rings (SSSR count).